The quantitative estimate of drug-likeness (QED) is 0.304. The zero-order valence-corrected chi connectivity index (χ0v) is 19.9. The van der Waals surface area contributed by atoms with Crippen molar-refractivity contribution in [3.8, 4) is 0 Å². The van der Waals surface area contributed by atoms with Crippen LogP contribution in [0.2, 0.25) is 0 Å². The number of hydrogen-bond donors (Lipinski definition) is 3. The van der Waals surface area contributed by atoms with Gasteiger partial charge in [0.15, 0.2) is 5.96 Å². The molecule has 0 amide bonds. The Balaban J connectivity index is 0.00000300. The van der Waals surface area contributed by atoms with Crippen molar-refractivity contribution < 1.29 is 4.74 Å². The van der Waals surface area contributed by atoms with E-state index in [9.17, 15) is 0 Å². The van der Waals surface area contributed by atoms with Gasteiger partial charge in [0.25, 0.3) is 0 Å². The molecule has 0 aromatic heterocycles. The fourth-order valence-corrected chi connectivity index (χ4v) is 3.87. The summed E-state index contributed by atoms with van der Waals surface area (Å²) in [4.78, 5) is 4.69. The van der Waals surface area contributed by atoms with Crippen LogP contribution in [0, 0.1) is 13.8 Å². The van der Waals surface area contributed by atoms with Gasteiger partial charge < -0.3 is 21.1 Å². The van der Waals surface area contributed by atoms with E-state index in [1.54, 1.807) is 0 Å². The second kappa shape index (κ2) is 10.9. The summed E-state index contributed by atoms with van der Waals surface area (Å²) in [6.45, 7) is 8.47. The Morgan fingerprint density at radius 1 is 1.10 bits per heavy atom. The topological polar surface area (TPSA) is 71.7 Å². The van der Waals surface area contributed by atoms with E-state index in [-0.39, 0.29) is 35.6 Å². The molecule has 29 heavy (non-hydrogen) atoms. The van der Waals surface area contributed by atoms with Crippen LogP contribution in [-0.2, 0) is 4.74 Å². The maximum Gasteiger partial charge on any atom is 0.193 e. The average Bonchev–Trinajstić information content (AvgIpc) is 2.67. The number of guanidine groups is 1. The number of hydrogen-bond acceptors (Lipinski definition) is 3. The van der Waals surface area contributed by atoms with Crippen LogP contribution in [0.1, 0.15) is 42.5 Å². The molecule has 1 fully saturated rings. The molecule has 158 valence electrons. The fraction of sp³-hybridized carbons (Fsp3) is 0.435. The van der Waals surface area contributed by atoms with Gasteiger partial charge in [-0.25, -0.2) is 0 Å². The lowest BCUT2D eigenvalue weighted by molar-refractivity contribution is 0.0375. The Kier molecular flexibility index (Phi) is 8.92. The average molecular weight is 508 g/mol. The molecule has 1 aliphatic rings. The Labute approximate surface area is 191 Å². The van der Waals surface area contributed by atoms with Gasteiger partial charge in [-0.15, -0.1) is 24.0 Å². The maximum atomic E-state index is 6.20. The summed E-state index contributed by atoms with van der Waals surface area (Å²) in [6, 6.07) is 17.1. The Morgan fingerprint density at radius 3 is 2.34 bits per heavy atom. The zero-order valence-electron chi connectivity index (χ0n) is 17.6. The number of aliphatic imine (C=N–C) groups is 1. The summed E-state index contributed by atoms with van der Waals surface area (Å²) in [5, 5.41) is 7.05. The monoisotopic (exact) mass is 508 g/mol. The van der Waals surface area contributed by atoms with Crippen LogP contribution in [0.25, 0.3) is 0 Å². The van der Waals surface area contributed by atoms with E-state index in [1.165, 1.54) is 16.7 Å². The van der Waals surface area contributed by atoms with Crippen molar-refractivity contribution in [2.75, 3.05) is 25.1 Å². The summed E-state index contributed by atoms with van der Waals surface area (Å²) in [7, 11) is 0. The van der Waals surface area contributed by atoms with E-state index in [2.05, 4.69) is 78.9 Å². The van der Waals surface area contributed by atoms with Crippen molar-refractivity contribution in [1.82, 2.24) is 5.32 Å². The highest BCUT2D eigenvalue weighted by Gasteiger charge is 2.33. The number of benzene rings is 2. The Hall–Kier alpha value is -1.64. The second-order valence-corrected chi connectivity index (χ2v) is 7.87. The summed E-state index contributed by atoms with van der Waals surface area (Å²) in [6.07, 6.45) is 1.84. The first-order valence-corrected chi connectivity index (χ1v) is 10.0. The van der Waals surface area contributed by atoms with Crippen molar-refractivity contribution in [3.05, 3.63) is 65.2 Å². The van der Waals surface area contributed by atoms with E-state index >= 15 is 0 Å². The molecule has 3 rings (SSSR count). The minimum Gasteiger partial charge on any atom is -0.381 e. The number of aryl methyl sites for hydroxylation is 2. The van der Waals surface area contributed by atoms with Crippen molar-refractivity contribution in [3.63, 3.8) is 0 Å². The number of anilines is 1. The van der Waals surface area contributed by atoms with E-state index in [1.807, 2.05) is 6.07 Å². The molecule has 1 unspecified atom stereocenters. The first-order valence-electron chi connectivity index (χ1n) is 10.0. The molecule has 4 N–H and O–H groups in total. The largest absolute Gasteiger partial charge is 0.381 e. The molecule has 2 aromatic rings. The van der Waals surface area contributed by atoms with Crippen LogP contribution in [0.5, 0.6) is 0 Å². The zero-order chi connectivity index (χ0) is 20.0. The van der Waals surface area contributed by atoms with E-state index < -0.39 is 0 Å². The van der Waals surface area contributed by atoms with Gasteiger partial charge in [-0.1, -0.05) is 36.4 Å². The van der Waals surface area contributed by atoms with Crippen LogP contribution >= 0.6 is 24.0 Å². The summed E-state index contributed by atoms with van der Waals surface area (Å²) < 4.78 is 5.61. The first-order chi connectivity index (χ1) is 13.5. The van der Waals surface area contributed by atoms with Crippen LogP contribution in [0.15, 0.2) is 53.5 Å². The predicted octanol–water partition coefficient (Wildman–Crippen LogP) is 4.55. The number of halogens is 1. The van der Waals surface area contributed by atoms with Gasteiger partial charge in [0.05, 0.1) is 6.54 Å². The third-order valence-electron chi connectivity index (χ3n) is 5.32. The molecular formula is C23H33IN4O. The second-order valence-electron chi connectivity index (χ2n) is 7.87. The van der Waals surface area contributed by atoms with Gasteiger partial charge >= 0.3 is 0 Å². The standard InChI is InChI=1S/C23H32N4O.HI/c1-17-13-18(2)15-21(14-17)26-22(24)25-16-23(9-11-28-12-10-23)27-19(3)20-7-5-4-6-8-20;/h4-8,13-15,19,27H,9-12,16H2,1-3H3,(H3,24,25,26);1H. The number of nitrogens with two attached hydrogens (primary N) is 1. The molecule has 5 nitrogen and oxygen atoms in total. The van der Waals surface area contributed by atoms with Gasteiger partial charge in [0.2, 0.25) is 0 Å². The van der Waals surface area contributed by atoms with Gasteiger partial charge in [-0.05, 0) is 62.4 Å². The highest BCUT2D eigenvalue weighted by molar-refractivity contribution is 14.0. The number of ether oxygens (including phenoxy) is 1. The highest BCUT2D eigenvalue weighted by Crippen LogP contribution is 2.26. The van der Waals surface area contributed by atoms with Crippen molar-refractivity contribution in [1.29, 1.82) is 0 Å². The number of rotatable bonds is 6. The summed E-state index contributed by atoms with van der Waals surface area (Å²) in [5.41, 5.74) is 10.8. The van der Waals surface area contributed by atoms with Crippen molar-refractivity contribution in [2.24, 2.45) is 10.7 Å². The summed E-state index contributed by atoms with van der Waals surface area (Å²) >= 11 is 0. The molecular weight excluding hydrogens is 475 g/mol. The SMILES string of the molecule is Cc1cc(C)cc(NC(N)=NCC2(NC(C)c3ccccc3)CCOCC2)c1.I. The van der Waals surface area contributed by atoms with Crippen LogP contribution in [0.4, 0.5) is 5.69 Å². The minimum absolute atomic E-state index is 0. The first kappa shape index (κ1) is 23.6. The predicted molar refractivity (Wildman–Crippen MR) is 132 cm³/mol. The van der Waals surface area contributed by atoms with Gasteiger partial charge in [0.1, 0.15) is 0 Å². The molecule has 0 radical (unpaired) electrons. The van der Waals surface area contributed by atoms with Crippen molar-refractivity contribution in [2.45, 2.75) is 45.2 Å². The molecule has 1 heterocycles. The van der Waals surface area contributed by atoms with Crippen LogP contribution in [0.3, 0.4) is 0 Å². The third-order valence-corrected chi connectivity index (χ3v) is 5.32. The van der Waals surface area contributed by atoms with Gasteiger partial charge in [-0.2, -0.15) is 0 Å². The minimum atomic E-state index is -0.109. The smallest absolute Gasteiger partial charge is 0.193 e. The van der Waals surface area contributed by atoms with Crippen molar-refractivity contribution >= 4 is 35.6 Å². The molecule has 6 heteroatoms. The molecule has 0 bridgehead atoms. The number of nitrogens with one attached hydrogen (secondary N) is 2. The lowest BCUT2D eigenvalue weighted by atomic mass is 9.88. The van der Waals surface area contributed by atoms with Crippen LogP contribution in [-0.4, -0.2) is 31.3 Å². The molecule has 0 saturated carbocycles. The molecule has 1 atom stereocenters. The molecule has 2 aromatic carbocycles. The third kappa shape index (κ3) is 6.97. The van der Waals surface area contributed by atoms with E-state index in [4.69, 9.17) is 10.5 Å². The highest BCUT2D eigenvalue weighted by atomic mass is 127. The Bertz CT molecular complexity index is 784. The normalized spacial score (nSPS) is 17.3. The number of nitrogens with zero attached hydrogens (tertiary/aromatic N) is 1. The van der Waals surface area contributed by atoms with E-state index in [0.29, 0.717) is 12.5 Å². The fourth-order valence-electron chi connectivity index (χ4n) is 3.87. The lowest BCUT2D eigenvalue weighted by Crippen LogP contribution is -2.53. The lowest BCUT2D eigenvalue weighted by Gasteiger charge is -2.39. The molecule has 0 aliphatic carbocycles. The Morgan fingerprint density at radius 2 is 1.72 bits per heavy atom. The molecule has 1 saturated heterocycles. The summed E-state index contributed by atoms with van der Waals surface area (Å²) in [5.74, 6) is 0.449. The maximum absolute atomic E-state index is 6.20. The molecule has 1 aliphatic heterocycles. The van der Waals surface area contributed by atoms with Crippen LogP contribution < -0.4 is 16.4 Å². The van der Waals surface area contributed by atoms with Gasteiger partial charge in [0, 0.05) is 30.5 Å². The van der Waals surface area contributed by atoms with E-state index in [0.717, 1.165) is 31.7 Å². The van der Waals surface area contributed by atoms with Gasteiger partial charge in [-0.3, -0.25) is 4.99 Å². The molecule has 0 spiro atoms.